The lowest BCUT2D eigenvalue weighted by Gasteiger charge is -2.13. The Bertz CT molecular complexity index is 988. The molecule has 0 fully saturated rings. The molecule has 0 radical (unpaired) electrons. The Morgan fingerprint density at radius 1 is 1.30 bits per heavy atom. The van der Waals surface area contributed by atoms with Gasteiger partial charge in [0.15, 0.2) is 0 Å². The van der Waals surface area contributed by atoms with Crippen LogP contribution in [0.4, 0.5) is 5.82 Å². The average molecular weight is 325 g/mol. The Hall–Kier alpha value is -2.84. The summed E-state index contributed by atoms with van der Waals surface area (Å²) in [5.74, 6) is 0.506. The number of aromatic nitrogens is 2. The molecule has 0 saturated carbocycles. The molecule has 3 rings (SSSR count). The molecular weight excluding hydrogens is 312 g/mol. The van der Waals surface area contributed by atoms with Crippen LogP contribution in [0.3, 0.4) is 0 Å². The first kappa shape index (κ1) is 15.1. The normalized spacial score (nSPS) is 10.5. The zero-order valence-corrected chi connectivity index (χ0v) is 13.1. The first-order valence-electron chi connectivity index (χ1n) is 7.00. The molecule has 0 atom stereocenters. The highest BCUT2D eigenvalue weighted by Crippen LogP contribution is 2.25. The van der Waals surface area contributed by atoms with Gasteiger partial charge in [0.2, 0.25) is 0 Å². The maximum absolute atomic E-state index is 12.5. The third-order valence-electron chi connectivity index (χ3n) is 3.54. The number of rotatable bonds is 3. The summed E-state index contributed by atoms with van der Waals surface area (Å²) in [7, 11) is 1.72. The molecule has 1 aromatic heterocycles. The van der Waals surface area contributed by atoms with Crippen LogP contribution in [0.25, 0.3) is 16.6 Å². The fourth-order valence-electron chi connectivity index (χ4n) is 2.54. The van der Waals surface area contributed by atoms with Crippen LogP contribution in [0.15, 0.2) is 47.3 Å². The summed E-state index contributed by atoms with van der Waals surface area (Å²) < 4.78 is 1.50. The number of nitriles is 1. The molecule has 2 aromatic carbocycles. The lowest BCUT2D eigenvalue weighted by Crippen LogP contribution is -2.23. The fraction of sp³-hybridized carbons (Fsp3) is 0.118. The summed E-state index contributed by atoms with van der Waals surface area (Å²) in [5, 5.41) is 13.1. The van der Waals surface area contributed by atoms with Crippen LogP contribution in [-0.4, -0.2) is 16.6 Å². The van der Waals surface area contributed by atoms with Gasteiger partial charge in [0, 0.05) is 17.5 Å². The number of hydrogen-bond donors (Lipinski definition) is 1. The summed E-state index contributed by atoms with van der Waals surface area (Å²) in [6, 6.07) is 14.7. The zero-order valence-electron chi connectivity index (χ0n) is 12.4. The van der Waals surface area contributed by atoms with Gasteiger partial charge in [0.1, 0.15) is 5.82 Å². The highest BCUT2D eigenvalue weighted by molar-refractivity contribution is 6.31. The molecule has 1 N–H and O–H groups in total. The molecule has 0 unspecified atom stereocenters. The third-order valence-corrected chi connectivity index (χ3v) is 3.78. The van der Waals surface area contributed by atoms with Crippen LogP contribution in [-0.2, 0) is 6.42 Å². The maximum atomic E-state index is 12.5. The van der Waals surface area contributed by atoms with Crippen LogP contribution in [0.5, 0.6) is 0 Å². The molecule has 0 aliphatic carbocycles. The minimum Gasteiger partial charge on any atom is -0.372 e. The molecule has 0 spiro atoms. The Morgan fingerprint density at radius 2 is 2.13 bits per heavy atom. The van der Waals surface area contributed by atoms with E-state index in [1.165, 1.54) is 4.57 Å². The topological polar surface area (TPSA) is 70.7 Å². The van der Waals surface area contributed by atoms with Crippen molar-refractivity contribution >= 4 is 28.3 Å². The van der Waals surface area contributed by atoms with E-state index in [2.05, 4.69) is 16.4 Å². The number of hydrogen-bond acceptors (Lipinski definition) is 4. The number of benzene rings is 2. The van der Waals surface area contributed by atoms with E-state index in [1.54, 1.807) is 19.2 Å². The van der Waals surface area contributed by atoms with Gasteiger partial charge in [-0.2, -0.15) is 10.2 Å². The number of anilines is 1. The van der Waals surface area contributed by atoms with Gasteiger partial charge in [0.05, 0.1) is 23.7 Å². The van der Waals surface area contributed by atoms with Crippen molar-refractivity contribution in [1.29, 1.82) is 5.26 Å². The number of fused-ring (bicyclic) bond motifs is 1. The molecule has 0 saturated heterocycles. The van der Waals surface area contributed by atoms with Gasteiger partial charge in [-0.1, -0.05) is 23.7 Å². The Balaban J connectivity index is 2.35. The first-order chi connectivity index (χ1) is 11.1. The van der Waals surface area contributed by atoms with E-state index in [0.717, 1.165) is 10.9 Å². The summed E-state index contributed by atoms with van der Waals surface area (Å²) in [6.07, 6.45) is 0.281. The van der Waals surface area contributed by atoms with Crippen LogP contribution in [0.1, 0.15) is 5.56 Å². The van der Waals surface area contributed by atoms with Gasteiger partial charge in [0.25, 0.3) is 0 Å². The van der Waals surface area contributed by atoms with Crippen molar-refractivity contribution in [1.82, 2.24) is 9.55 Å². The van der Waals surface area contributed by atoms with Crippen LogP contribution in [0, 0.1) is 11.3 Å². The van der Waals surface area contributed by atoms with Gasteiger partial charge in [-0.25, -0.2) is 4.79 Å². The molecule has 23 heavy (non-hydrogen) atoms. The smallest absolute Gasteiger partial charge is 0.354 e. The highest BCUT2D eigenvalue weighted by Gasteiger charge is 2.12. The standard InChI is InChI=1S/C17H13ClN4O/c1-20-16-14-6-5-12(18)10-15(14)22(17(23)21-16)13-4-2-3-11(9-13)7-8-19/h2-6,9-10H,7H2,1H3,(H,20,21,23). The van der Waals surface area contributed by atoms with Crippen LogP contribution >= 0.6 is 11.6 Å². The molecule has 0 aliphatic heterocycles. The van der Waals surface area contributed by atoms with Gasteiger partial charge >= 0.3 is 5.69 Å². The lowest BCUT2D eigenvalue weighted by molar-refractivity contribution is 0.958. The number of nitrogens with zero attached hydrogens (tertiary/aromatic N) is 3. The van der Waals surface area contributed by atoms with Gasteiger partial charge in [-0.15, -0.1) is 0 Å². The average Bonchev–Trinajstić information content (AvgIpc) is 2.54. The monoisotopic (exact) mass is 324 g/mol. The third kappa shape index (κ3) is 2.77. The van der Waals surface area contributed by atoms with E-state index in [1.807, 2.05) is 30.3 Å². The minimum atomic E-state index is -0.404. The van der Waals surface area contributed by atoms with Gasteiger partial charge in [-0.3, -0.25) is 4.57 Å². The summed E-state index contributed by atoms with van der Waals surface area (Å²) in [4.78, 5) is 16.6. The molecule has 6 heteroatoms. The highest BCUT2D eigenvalue weighted by atomic mass is 35.5. The molecule has 3 aromatic rings. The molecular formula is C17H13ClN4O. The molecule has 114 valence electrons. The second-order valence-corrected chi connectivity index (χ2v) is 5.43. The summed E-state index contributed by atoms with van der Waals surface area (Å²) in [5.41, 5.74) is 1.75. The molecule has 0 aliphatic rings. The van der Waals surface area contributed by atoms with Crippen LogP contribution < -0.4 is 11.0 Å². The van der Waals surface area contributed by atoms with Crippen LogP contribution in [0.2, 0.25) is 5.02 Å². The maximum Gasteiger partial charge on any atom is 0.354 e. The van der Waals surface area contributed by atoms with Crippen molar-refractivity contribution in [2.45, 2.75) is 6.42 Å². The molecule has 5 nitrogen and oxygen atoms in total. The Morgan fingerprint density at radius 3 is 2.87 bits per heavy atom. The van der Waals surface area contributed by atoms with E-state index in [9.17, 15) is 4.79 Å². The van der Waals surface area contributed by atoms with Crippen molar-refractivity contribution in [2.24, 2.45) is 0 Å². The first-order valence-corrected chi connectivity index (χ1v) is 7.38. The second-order valence-electron chi connectivity index (χ2n) is 4.99. The number of nitrogens with one attached hydrogen (secondary N) is 1. The van der Waals surface area contributed by atoms with Gasteiger partial charge in [-0.05, 0) is 35.9 Å². The lowest BCUT2D eigenvalue weighted by atomic mass is 10.1. The largest absolute Gasteiger partial charge is 0.372 e. The zero-order chi connectivity index (χ0) is 16.4. The fourth-order valence-corrected chi connectivity index (χ4v) is 2.70. The summed E-state index contributed by atoms with van der Waals surface area (Å²) in [6.45, 7) is 0. The van der Waals surface area contributed by atoms with E-state index in [0.29, 0.717) is 22.0 Å². The van der Waals surface area contributed by atoms with Crippen molar-refractivity contribution in [3.8, 4) is 11.8 Å². The Labute approximate surface area is 137 Å². The second kappa shape index (κ2) is 6.11. The van der Waals surface area contributed by atoms with Gasteiger partial charge < -0.3 is 5.32 Å². The van der Waals surface area contributed by atoms with E-state index in [-0.39, 0.29) is 6.42 Å². The molecule has 0 bridgehead atoms. The van der Waals surface area contributed by atoms with Crippen molar-refractivity contribution < 1.29 is 0 Å². The SMILES string of the molecule is CNc1nc(=O)n(-c2cccc(CC#N)c2)c2cc(Cl)ccc12. The Kier molecular flexibility index (Phi) is 4.00. The predicted octanol–water partition coefficient (Wildman–Crippen LogP) is 3.15. The number of halogens is 1. The van der Waals surface area contributed by atoms with E-state index in [4.69, 9.17) is 16.9 Å². The predicted molar refractivity (Wildman–Crippen MR) is 91.2 cm³/mol. The minimum absolute atomic E-state index is 0.281. The van der Waals surface area contributed by atoms with Crippen molar-refractivity contribution in [2.75, 3.05) is 12.4 Å². The van der Waals surface area contributed by atoms with E-state index >= 15 is 0 Å². The van der Waals surface area contributed by atoms with E-state index < -0.39 is 5.69 Å². The molecule has 1 heterocycles. The molecule has 0 amide bonds. The van der Waals surface area contributed by atoms with Crippen molar-refractivity contribution in [3.63, 3.8) is 0 Å². The quantitative estimate of drug-likeness (QED) is 0.803. The summed E-state index contributed by atoms with van der Waals surface area (Å²) >= 11 is 6.11. The van der Waals surface area contributed by atoms with Crippen molar-refractivity contribution in [3.05, 3.63) is 63.5 Å².